The fourth-order valence-electron chi connectivity index (χ4n) is 4.32. The number of hydrogen-bond donors (Lipinski definition) is 3. The highest BCUT2D eigenvalue weighted by atomic mass is 35.5. The van der Waals surface area contributed by atoms with Crippen LogP contribution in [0.3, 0.4) is 0 Å². The van der Waals surface area contributed by atoms with Crippen LogP contribution in [0.2, 0.25) is 10.0 Å². The number of H-pyrrole nitrogens is 1. The van der Waals surface area contributed by atoms with Gasteiger partial charge in [0.2, 0.25) is 10.0 Å². The van der Waals surface area contributed by atoms with Crippen molar-refractivity contribution in [3.05, 3.63) is 103 Å². The van der Waals surface area contributed by atoms with E-state index >= 15 is 0 Å². The molecule has 0 aliphatic carbocycles. The van der Waals surface area contributed by atoms with Crippen LogP contribution in [0.5, 0.6) is 17.2 Å². The average Bonchev–Trinajstić information content (AvgIpc) is 2.93. The first kappa shape index (κ1) is 27.9. The number of nitrogens with zero attached hydrogens (tertiary/aromatic N) is 2. The van der Waals surface area contributed by atoms with Gasteiger partial charge in [0.15, 0.2) is 5.75 Å². The summed E-state index contributed by atoms with van der Waals surface area (Å²) in [5.41, 5.74) is -0.199. The van der Waals surface area contributed by atoms with Gasteiger partial charge in [-0.3, -0.25) is 9.78 Å². The number of rotatable bonds is 8. The van der Waals surface area contributed by atoms with Crippen molar-refractivity contribution in [3.63, 3.8) is 0 Å². The van der Waals surface area contributed by atoms with E-state index in [9.17, 15) is 23.1 Å². The molecule has 0 saturated heterocycles. The maximum atomic E-state index is 13.3. The highest BCUT2D eigenvalue weighted by molar-refractivity contribution is 7.89. The second-order valence-electron chi connectivity index (χ2n) is 8.84. The van der Waals surface area contributed by atoms with Crippen molar-refractivity contribution in [2.75, 3.05) is 13.2 Å². The lowest BCUT2D eigenvalue weighted by molar-refractivity contribution is 0.267. The second-order valence-corrected chi connectivity index (χ2v) is 11.4. The number of aromatic nitrogens is 3. The number of hydrogen-bond acceptors (Lipinski definition) is 8. The largest absolute Gasteiger partial charge is 0.493 e. The molecule has 3 aromatic carbocycles. The highest BCUT2D eigenvalue weighted by Crippen LogP contribution is 2.39. The Morgan fingerprint density at radius 3 is 2.60 bits per heavy atom. The predicted molar refractivity (Wildman–Crippen MR) is 147 cm³/mol. The molecule has 40 heavy (non-hydrogen) atoms. The van der Waals surface area contributed by atoms with Gasteiger partial charge in [-0.2, -0.15) is 9.78 Å². The molecule has 0 saturated carbocycles. The minimum Gasteiger partial charge on any atom is -0.493 e. The summed E-state index contributed by atoms with van der Waals surface area (Å²) in [7, 11) is -4.06. The van der Waals surface area contributed by atoms with Gasteiger partial charge < -0.3 is 14.6 Å². The SMILES string of the molecule is O=c1cnn(-c2cc(Cl)c(Oc3ccc(CO)c(S(=O)(=O)NCC4CCOc5ccccc54)c3)c(Cl)c2)c(=O)[nH]1. The summed E-state index contributed by atoms with van der Waals surface area (Å²) in [6, 6.07) is 14.3. The maximum absolute atomic E-state index is 13.3. The van der Waals surface area contributed by atoms with Crippen LogP contribution in [-0.4, -0.2) is 41.4 Å². The molecule has 0 amide bonds. The Hall–Kier alpha value is -3.68. The molecule has 1 aliphatic rings. The van der Waals surface area contributed by atoms with Gasteiger partial charge in [-0.1, -0.05) is 47.5 Å². The van der Waals surface area contributed by atoms with E-state index in [2.05, 4.69) is 14.8 Å². The molecule has 208 valence electrons. The minimum atomic E-state index is -4.06. The Bertz CT molecular complexity index is 1780. The van der Waals surface area contributed by atoms with Crippen LogP contribution in [0.25, 0.3) is 5.69 Å². The molecule has 1 aromatic heterocycles. The molecule has 5 rings (SSSR count). The van der Waals surface area contributed by atoms with Gasteiger partial charge in [0.1, 0.15) is 17.7 Å². The molecule has 3 N–H and O–H groups in total. The Morgan fingerprint density at radius 1 is 1.12 bits per heavy atom. The van der Waals surface area contributed by atoms with Crippen LogP contribution in [0.4, 0.5) is 0 Å². The van der Waals surface area contributed by atoms with Crippen LogP contribution in [0, 0.1) is 0 Å². The summed E-state index contributed by atoms with van der Waals surface area (Å²) in [6.07, 6.45) is 1.57. The standard InChI is InChI=1S/C26H22Cl2N4O7S/c27-20-9-17(32-26(35)31-24(34)13-29-32)10-21(28)25(20)39-18-6-5-16(14-33)23(11-18)40(36,37)30-12-15-7-8-38-22-4-2-1-3-19(15)22/h1-6,9-11,13,15,30,33H,7-8,12,14H2,(H,31,34,35). The summed E-state index contributed by atoms with van der Waals surface area (Å²) in [5.74, 6) is 0.726. The lowest BCUT2D eigenvalue weighted by Gasteiger charge is -2.26. The van der Waals surface area contributed by atoms with Crippen molar-refractivity contribution < 1.29 is 23.0 Å². The van der Waals surface area contributed by atoms with Gasteiger partial charge in [-0.05, 0) is 41.8 Å². The number of aliphatic hydroxyl groups is 1. The van der Waals surface area contributed by atoms with E-state index in [1.807, 2.05) is 24.3 Å². The van der Waals surface area contributed by atoms with E-state index in [0.29, 0.717) is 13.0 Å². The summed E-state index contributed by atoms with van der Waals surface area (Å²) in [6.45, 7) is 0.0888. The Kier molecular flexibility index (Phi) is 7.97. The zero-order valence-electron chi connectivity index (χ0n) is 20.6. The van der Waals surface area contributed by atoms with Crippen molar-refractivity contribution in [2.24, 2.45) is 0 Å². The molecule has 2 heterocycles. The zero-order chi connectivity index (χ0) is 28.4. The van der Waals surface area contributed by atoms with Crippen molar-refractivity contribution in [1.29, 1.82) is 0 Å². The first-order chi connectivity index (χ1) is 19.2. The smallest absolute Gasteiger partial charge is 0.349 e. The van der Waals surface area contributed by atoms with Gasteiger partial charge in [-0.25, -0.2) is 17.9 Å². The highest BCUT2D eigenvalue weighted by Gasteiger charge is 2.25. The Balaban J connectivity index is 1.40. The van der Waals surface area contributed by atoms with Gasteiger partial charge in [0, 0.05) is 18.5 Å². The van der Waals surface area contributed by atoms with Gasteiger partial charge in [-0.15, -0.1) is 0 Å². The number of fused-ring (bicyclic) bond motifs is 1. The fraction of sp³-hybridized carbons (Fsp3) is 0.192. The van der Waals surface area contributed by atoms with E-state index < -0.39 is 27.9 Å². The number of ether oxygens (including phenoxy) is 2. The van der Waals surface area contributed by atoms with Crippen LogP contribution in [0.1, 0.15) is 23.5 Å². The molecule has 14 heteroatoms. The third kappa shape index (κ3) is 5.76. The number of halogens is 2. The van der Waals surface area contributed by atoms with Crippen molar-refractivity contribution in [2.45, 2.75) is 23.8 Å². The summed E-state index contributed by atoms with van der Waals surface area (Å²) in [5, 5.41) is 13.6. The molecule has 0 bridgehead atoms. The number of aromatic amines is 1. The topological polar surface area (TPSA) is 153 Å². The molecule has 0 spiro atoms. The first-order valence-electron chi connectivity index (χ1n) is 12.0. The van der Waals surface area contributed by atoms with Crippen LogP contribution in [-0.2, 0) is 16.6 Å². The van der Waals surface area contributed by atoms with Crippen LogP contribution < -0.4 is 25.4 Å². The van der Waals surface area contributed by atoms with Crippen molar-refractivity contribution >= 4 is 33.2 Å². The number of benzene rings is 3. The van der Waals surface area contributed by atoms with E-state index in [-0.39, 0.29) is 50.2 Å². The Labute approximate surface area is 238 Å². The van der Waals surface area contributed by atoms with Gasteiger partial charge >= 0.3 is 5.69 Å². The van der Waals surface area contributed by atoms with Gasteiger partial charge in [0.25, 0.3) is 5.56 Å². The lowest BCUT2D eigenvalue weighted by atomic mass is 9.93. The van der Waals surface area contributed by atoms with E-state index in [1.54, 1.807) is 0 Å². The molecular weight excluding hydrogens is 583 g/mol. The monoisotopic (exact) mass is 604 g/mol. The molecule has 1 unspecified atom stereocenters. The third-order valence-corrected chi connectivity index (χ3v) is 8.33. The normalized spacial score (nSPS) is 14.8. The van der Waals surface area contributed by atoms with Crippen LogP contribution in [0.15, 0.2) is 75.3 Å². The molecule has 1 aliphatic heterocycles. The molecule has 1 atom stereocenters. The van der Waals surface area contributed by atoms with Crippen LogP contribution >= 0.6 is 23.2 Å². The van der Waals surface area contributed by atoms with Gasteiger partial charge in [0.05, 0.1) is 33.8 Å². The molecule has 11 nitrogen and oxygen atoms in total. The maximum Gasteiger partial charge on any atom is 0.349 e. The van der Waals surface area contributed by atoms with Crippen molar-refractivity contribution in [1.82, 2.24) is 19.5 Å². The number of para-hydroxylation sites is 1. The molecular formula is C26H22Cl2N4O7S. The summed E-state index contributed by atoms with van der Waals surface area (Å²) < 4.78 is 41.7. The first-order valence-corrected chi connectivity index (χ1v) is 14.2. The quantitative estimate of drug-likeness (QED) is 0.277. The van der Waals surface area contributed by atoms with E-state index in [0.717, 1.165) is 22.2 Å². The fourth-order valence-corrected chi connectivity index (χ4v) is 6.19. The minimum absolute atomic E-state index is 0.00331. The second kappa shape index (κ2) is 11.4. The van der Waals surface area contributed by atoms with E-state index in [1.165, 1.54) is 30.3 Å². The Morgan fingerprint density at radius 2 is 1.88 bits per heavy atom. The molecule has 0 fully saturated rings. The molecule has 0 radical (unpaired) electrons. The third-order valence-electron chi connectivity index (χ3n) is 6.26. The lowest BCUT2D eigenvalue weighted by Crippen LogP contribution is -2.31. The number of aliphatic hydroxyl groups excluding tert-OH is 1. The predicted octanol–water partition coefficient (Wildman–Crippen LogP) is 3.36. The van der Waals surface area contributed by atoms with Crippen molar-refractivity contribution in [3.8, 4) is 22.9 Å². The number of sulfonamides is 1. The summed E-state index contributed by atoms with van der Waals surface area (Å²) >= 11 is 12.8. The molecule has 4 aromatic rings. The number of nitrogens with one attached hydrogen (secondary N) is 2. The van der Waals surface area contributed by atoms with E-state index in [4.69, 9.17) is 32.7 Å². The average molecular weight is 605 g/mol. The summed E-state index contributed by atoms with van der Waals surface area (Å²) in [4.78, 5) is 25.3. The zero-order valence-corrected chi connectivity index (χ0v) is 23.0.